The van der Waals surface area contributed by atoms with Crippen LogP contribution in [0.25, 0.3) is 0 Å². The molecule has 0 aromatic heterocycles. The molecule has 0 fully saturated rings. The molecule has 9 heavy (non-hydrogen) atoms. The number of halogens is 2. The molecule has 0 N–H and O–H groups in total. The van der Waals surface area contributed by atoms with Crippen molar-refractivity contribution in [3.05, 3.63) is 21.7 Å². The van der Waals surface area contributed by atoms with Crippen LogP contribution in [0.1, 0.15) is 20.8 Å². The second kappa shape index (κ2) is 3.97. The Labute approximate surface area is 66.2 Å². The number of hydrogen-bond acceptors (Lipinski definition) is 0. The lowest BCUT2D eigenvalue weighted by molar-refractivity contribution is 1.35. The van der Waals surface area contributed by atoms with E-state index in [1.807, 2.05) is 26.8 Å². The van der Waals surface area contributed by atoms with Gasteiger partial charge in [0.1, 0.15) is 4.49 Å². The SMILES string of the molecule is CC(C)=CC(C)=C(Cl)Cl. The average molecular weight is 165 g/mol. The molecule has 0 aromatic rings. The van der Waals surface area contributed by atoms with Gasteiger partial charge in [-0.1, -0.05) is 34.9 Å². The third-order valence-electron chi connectivity index (χ3n) is 0.803. The van der Waals surface area contributed by atoms with Crippen LogP contribution in [-0.4, -0.2) is 0 Å². The Bertz CT molecular complexity index is 146. The summed E-state index contributed by atoms with van der Waals surface area (Å²) in [6.45, 7) is 5.88. The van der Waals surface area contributed by atoms with Crippen LogP contribution in [0.3, 0.4) is 0 Å². The second-order valence-corrected chi connectivity index (χ2v) is 3.11. The van der Waals surface area contributed by atoms with E-state index in [1.165, 1.54) is 5.57 Å². The molecular weight excluding hydrogens is 155 g/mol. The Morgan fingerprint density at radius 3 is 1.67 bits per heavy atom. The maximum Gasteiger partial charge on any atom is 0.109 e. The summed E-state index contributed by atoms with van der Waals surface area (Å²) in [7, 11) is 0. The van der Waals surface area contributed by atoms with Gasteiger partial charge in [-0.2, -0.15) is 0 Å². The fourth-order valence-corrected chi connectivity index (χ4v) is 0.597. The minimum atomic E-state index is 0.344. The molecule has 0 radical (unpaired) electrons. The predicted octanol–water partition coefficient (Wildman–Crippen LogP) is 3.66. The van der Waals surface area contributed by atoms with Crippen LogP contribution < -0.4 is 0 Å². The molecule has 0 bridgehead atoms. The number of allylic oxidation sites excluding steroid dienone is 3. The van der Waals surface area contributed by atoms with Crippen LogP contribution in [0.2, 0.25) is 0 Å². The van der Waals surface area contributed by atoms with E-state index < -0.39 is 0 Å². The van der Waals surface area contributed by atoms with Crippen molar-refractivity contribution >= 4 is 23.2 Å². The van der Waals surface area contributed by atoms with Crippen LogP contribution in [0.4, 0.5) is 0 Å². The van der Waals surface area contributed by atoms with Gasteiger partial charge in [0, 0.05) is 0 Å². The topological polar surface area (TPSA) is 0 Å². The van der Waals surface area contributed by atoms with Gasteiger partial charge >= 0.3 is 0 Å². The molecule has 0 spiro atoms. The molecule has 0 unspecified atom stereocenters. The van der Waals surface area contributed by atoms with Crippen molar-refractivity contribution in [1.82, 2.24) is 0 Å². The van der Waals surface area contributed by atoms with Crippen molar-refractivity contribution in [3.8, 4) is 0 Å². The molecule has 2 heteroatoms. The first-order valence-electron chi connectivity index (χ1n) is 2.71. The van der Waals surface area contributed by atoms with E-state index in [4.69, 9.17) is 23.2 Å². The smallest absolute Gasteiger partial charge is 0.0761 e. The zero-order chi connectivity index (χ0) is 7.44. The quantitative estimate of drug-likeness (QED) is 0.520. The lowest BCUT2D eigenvalue weighted by atomic mass is 10.2. The number of hydrogen-bond donors (Lipinski definition) is 0. The van der Waals surface area contributed by atoms with Gasteiger partial charge in [-0.25, -0.2) is 0 Å². The van der Waals surface area contributed by atoms with Crippen LogP contribution >= 0.6 is 23.2 Å². The lowest BCUT2D eigenvalue weighted by Gasteiger charge is -1.91. The second-order valence-electron chi connectivity index (χ2n) is 2.17. The Balaban J connectivity index is 4.25. The summed E-state index contributed by atoms with van der Waals surface area (Å²) in [6.07, 6.45) is 1.94. The average Bonchev–Trinajstić information content (AvgIpc) is 1.63. The highest BCUT2D eigenvalue weighted by Gasteiger charge is 1.89. The summed E-state index contributed by atoms with van der Waals surface area (Å²) < 4.78 is 0.344. The van der Waals surface area contributed by atoms with Crippen LogP contribution in [-0.2, 0) is 0 Å². The first-order chi connectivity index (χ1) is 4.04. The van der Waals surface area contributed by atoms with E-state index >= 15 is 0 Å². The standard InChI is InChI=1S/C7H10Cl2/c1-5(2)4-6(3)7(8)9/h4H,1-3H3. The van der Waals surface area contributed by atoms with E-state index in [-0.39, 0.29) is 0 Å². The number of rotatable bonds is 1. The Hall–Kier alpha value is 0.0600. The minimum absolute atomic E-state index is 0.344. The summed E-state index contributed by atoms with van der Waals surface area (Å²) >= 11 is 10.9. The van der Waals surface area contributed by atoms with Gasteiger partial charge in [-0.15, -0.1) is 0 Å². The molecule has 0 saturated carbocycles. The third-order valence-corrected chi connectivity index (χ3v) is 1.40. The van der Waals surface area contributed by atoms with Crippen molar-refractivity contribution in [3.63, 3.8) is 0 Å². The first-order valence-corrected chi connectivity index (χ1v) is 3.46. The summed E-state index contributed by atoms with van der Waals surface area (Å²) in [5, 5.41) is 0. The van der Waals surface area contributed by atoms with Crippen molar-refractivity contribution in [2.24, 2.45) is 0 Å². The van der Waals surface area contributed by atoms with Gasteiger partial charge in [0.05, 0.1) is 0 Å². The van der Waals surface area contributed by atoms with Crippen LogP contribution in [0.15, 0.2) is 21.7 Å². The van der Waals surface area contributed by atoms with Crippen molar-refractivity contribution < 1.29 is 0 Å². The van der Waals surface area contributed by atoms with E-state index in [0.29, 0.717) is 4.49 Å². The monoisotopic (exact) mass is 164 g/mol. The predicted molar refractivity (Wildman–Crippen MR) is 43.8 cm³/mol. The fraction of sp³-hybridized carbons (Fsp3) is 0.429. The normalized spacial score (nSPS) is 8.56. The van der Waals surface area contributed by atoms with Crippen molar-refractivity contribution in [1.29, 1.82) is 0 Å². The molecule has 0 saturated heterocycles. The minimum Gasteiger partial charge on any atom is -0.0761 e. The maximum atomic E-state index is 5.47. The van der Waals surface area contributed by atoms with Crippen molar-refractivity contribution in [2.45, 2.75) is 20.8 Å². The van der Waals surface area contributed by atoms with E-state index in [2.05, 4.69) is 0 Å². The molecule has 0 amide bonds. The molecule has 0 atom stereocenters. The molecule has 0 aliphatic carbocycles. The molecule has 0 aliphatic heterocycles. The highest BCUT2D eigenvalue weighted by Crippen LogP contribution is 2.15. The van der Waals surface area contributed by atoms with Crippen molar-refractivity contribution in [2.75, 3.05) is 0 Å². The van der Waals surface area contributed by atoms with Crippen LogP contribution in [0.5, 0.6) is 0 Å². The largest absolute Gasteiger partial charge is 0.109 e. The molecule has 0 rings (SSSR count). The van der Waals surface area contributed by atoms with E-state index in [9.17, 15) is 0 Å². The van der Waals surface area contributed by atoms with Gasteiger partial charge < -0.3 is 0 Å². The highest BCUT2D eigenvalue weighted by atomic mass is 35.5. The van der Waals surface area contributed by atoms with Crippen LogP contribution in [0, 0.1) is 0 Å². The molecule has 0 nitrogen and oxygen atoms in total. The molecule has 52 valence electrons. The molecule has 0 aromatic carbocycles. The fourth-order valence-electron chi connectivity index (χ4n) is 0.488. The summed E-state index contributed by atoms with van der Waals surface area (Å²) in [5.41, 5.74) is 2.12. The summed E-state index contributed by atoms with van der Waals surface area (Å²) in [4.78, 5) is 0. The molecular formula is C7H10Cl2. The van der Waals surface area contributed by atoms with Gasteiger partial charge in [0.15, 0.2) is 0 Å². The Morgan fingerprint density at radius 2 is 1.56 bits per heavy atom. The zero-order valence-electron chi connectivity index (χ0n) is 5.83. The lowest BCUT2D eigenvalue weighted by Crippen LogP contribution is -1.70. The van der Waals surface area contributed by atoms with Gasteiger partial charge in [-0.05, 0) is 26.3 Å². The zero-order valence-corrected chi connectivity index (χ0v) is 7.35. The first kappa shape index (κ1) is 9.06. The Morgan fingerprint density at radius 1 is 1.11 bits per heavy atom. The van der Waals surface area contributed by atoms with E-state index in [0.717, 1.165) is 5.57 Å². The summed E-state index contributed by atoms with van der Waals surface area (Å²) in [6, 6.07) is 0. The third kappa shape index (κ3) is 4.56. The molecule has 0 aliphatic rings. The van der Waals surface area contributed by atoms with Gasteiger partial charge in [0.2, 0.25) is 0 Å². The summed E-state index contributed by atoms with van der Waals surface area (Å²) in [5.74, 6) is 0. The highest BCUT2D eigenvalue weighted by molar-refractivity contribution is 6.56. The molecule has 0 heterocycles. The van der Waals surface area contributed by atoms with Gasteiger partial charge in [0.25, 0.3) is 0 Å². The maximum absolute atomic E-state index is 5.47. The van der Waals surface area contributed by atoms with E-state index in [1.54, 1.807) is 0 Å². The van der Waals surface area contributed by atoms with Gasteiger partial charge in [-0.3, -0.25) is 0 Å². The Kier molecular flexibility index (Phi) is 4.00.